The van der Waals surface area contributed by atoms with Crippen LogP contribution in [0, 0.1) is 0 Å². The summed E-state index contributed by atoms with van der Waals surface area (Å²) in [6, 6.07) is 2.53. The maximum atomic E-state index is 8.77. The number of aromatic nitrogens is 2. The van der Waals surface area contributed by atoms with E-state index in [9.17, 15) is 0 Å². The molecule has 1 aromatic rings. The van der Waals surface area contributed by atoms with Gasteiger partial charge in [0.2, 0.25) is 0 Å². The molecule has 4 nitrogen and oxygen atoms in total. The van der Waals surface area contributed by atoms with E-state index in [1.165, 1.54) is 19.4 Å². The van der Waals surface area contributed by atoms with Gasteiger partial charge in [0.1, 0.15) is 0 Å². The number of rotatable bonds is 5. The van der Waals surface area contributed by atoms with E-state index in [1.807, 2.05) is 12.3 Å². The minimum atomic E-state index is 0.316. The van der Waals surface area contributed by atoms with Crippen LogP contribution < -0.4 is 0 Å². The second-order valence-electron chi connectivity index (χ2n) is 4.51. The second kappa shape index (κ2) is 6.01. The number of aliphatic hydroxyl groups excluding tert-OH is 1. The van der Waals surface area contributed by atoms with Gasteiger partial charge in [-0.3, -0.25) is 4.68 Å². The zero-order valence-corrected chi connectivity index (χ0v) is 9.76. The molecule has 1 atom stereocenters. The number of nitrogens with zero attached hydrogens (tertiary/aromatic N) is 3. The molecular formula is C12H21N3O. The predicted octanol–water partition coefficient (Wildman–Crippen LogP) is 1.29. The van der Waals surface area contributed by atoms with E-state index in [2.05, 4.69) is 20.9 Å². The van der Waals surface area contributed by atoms with Crippen LogP contribution in [0.1, 0.15) is 31.7 Å². The van der Waals surface area contributed by atoms with Gasteiger partial charge in [0, 0.05) is 25.5 Å². The molecule has 0 bridgehead atoms. The van der Waals surface area contributed by atoms with Gasteiger partial charge in [-0.15, -0.1) is 0 Å². The summed E-state index contributed by atoms with van der Waals surface area (Å²) >= 11 is 0. The van der Waals surface area contributed by atoms with Crippen LogP contribution in [-0.2, 0) is 0 Å². The normalized spacial score (nSPS) is 22.4. The third kappa shape index (κ3) is 3.06. The summed E-state index contributed by atoms with van der Waals surface area (Å²) in [7, 11) is 0. The maximum absolute atomic E-state index is 8.77. The van der Waals surface area contributed by atoms with Crippen LogP contribution in [-0.4, -0.2) is 46.0 Å². The van der Waals surface area contributed by atoms with Crippen LogP contribution in [0.3, 0.4) is 0 Å². The van der Waals surface area contributed by atoms with Crippen LogP contribution in [0.25, 0.3) is 0 Å². The molecule has 0 aliphatic carbocycles. The Kier molecular flexibility index (Phi) is 4.36. The van der Waals surface area contributed by atoms with Crippen LogP contribution in [0.4, 0.5) is 0 Å². The third-order valence-electron chi connectivity index (χ3n) is 3.26. The molecule has 1 aliphatic heterocycles. The van der Waals surface area contributed by atoms with Gasteiger partial charge in [-0.2, -0.15) is 5.10 Å². The number of aliphatic hydroxyl groups is 1. The van der Waals surface area contributed by atoms with Crippen molar-refractivity contribution in [1.29, 1.82) is 0 Å². The Labute approximate surface area is 96.9 Å². The highest BCUT2D eigenvalue weighted by Crippen LogP contribution is 2.20. The molecule has 4 heteroatoms. The Balaban J connectivity index is 1.80. The quantitative estimate of drug-likeness (QED) is 0.765. The second-order valence-corrected chi connectivity index (χ2v) is 4.51. The molecular weight excluding hydrogens is 202 g/mol. The monoisotopic (exact) mass is 223 g/mol. The molecule has 1 saturated heterocycles. The van der Waals surface area contributed by atoms with Gasteiger partial charge >= 0.3 is 0 Å². The lowest BCUT2D eigenvalue weighted by Gasteiger charge is -2.32. The van der Waals surface area contributed by atoms with Crippen LogP contribution in [0.5, 0.6) is 0 Å². The molecule has 1 aromatic heterocycles. The highest BCUT2D eigenvalue weighted by molar-refractivity contribution is 4.84. The molecule has 1 aliphatic rings. The minimum absolute atomic E-state index is 0.316. The molecule has 0 spiro atoms. The summed E-state index contributed by atoms with van der Waals surface area (Å²) in [6.45, 7) is 3.73. The standard InChI is InChI=1S/C12H21N3O/c16-10-2-1-7-14-8-3-5-12(11-14)15-9-4-6-13-15/h4,6,9,12,16H,1-3,5,7-8,10-11H2. The molecule has 1 unspecified atom stereocenters. The predicted molar refractivity (Wildman–Crippen MR) is 63.3 cm³/mol. The van der Waals surface area contributed by atoms with E-state index in [0.29, 0.717) is 12.6 Å². The fourth-order valence-electron chi connectivity index (χ4n) is 2.39. The van der Waals surface area contributed by atoms with Crippen molar-refractivity contribution in [2.75, 3.05) is 26.2 Å². The smallest absolute Gasteiger partial charge is 0.0646 e. The van der Waals surface area contributed by atoms with E-state index < -0.39 is 0 Å². The number of hydrogen-bond acceptors (Lipinski definition) is 3. The summed E-state index contributed by atoms with van der Waals surface area (Å²) in [6.07, 6.45) is 8.42. The number of likely N-dealkylation sites (tertiary alicyclic amines) is 1. The van der Waals surface area contributed by atoms with Crippen molar-refractivity contribution in [3.05, 3.63) is 18.5 Å². The van der Waals surface area contributed by atoms with Crippen LogP contribution in [0.2, 0.25) is 0 Å². The van der Waals surface area contributed by atoms with E-state index in [-0.39, 0.29) is 0 Å². The zero-order chi connectivity index (χ0) is 11.2. The summed E-state index contributed by atoms with van der Waals surface area (Å²) in [5, 5.41) is 13.1. The molecule has 0 aromatic carbocycles. The van der Waals surface area contributed by atoms with Crippen molar-refractivity contribution in [1.82, 2.24) is 14.7 Å². The van der Waals surface area contributed by atoms with Crippen LogP contribution in [0.15, 0.2) is 18.5 Å². The first-order valence-electron chi connectivity index (χ1n) is 6.22. The maximum Gasteiger partial charge on any atom is 0.0646 e. The molecule has 0 amide bonds. The Hall–Kier alpha value is -0.870. The molecule has 2 rings (SSSR count). The third-order valence-corrected chi connectivity index (χ3v) is 3.26. The number of hydrogen-bond donors (Lipinski definition) is 1. The first-order chi connectivity index (χ1) is 7.90. The van der Waals surface area contributed by atoms with Crippen molar-refractivity contribution in [3.8, 4) is 0 Å². The van der Waals surface area contributed by atoms with E-state index in [4.69, 9.17) is 5.11 Å². The number of unbranched alkanes of at least 4 members (excludes halogenated alkanes) is 1. The average Bonchev–Trinajstić information content (AvgIpc) is 2.83. The van der Waals surface area contributed by atoms with Crippen molar-refractivity contribution in [2.24, 2.45) is 0 Å². The Morgan fingerprint density at radius 1 is 1.38 bits per heavy atom. The summed E-state index contributed by atoms with van der Waals surface area (Å²) in [5.74, 6) is 0. The average molecular weight is 223 g/mol. The van der Waals surface area contributed by atoms with Crippen molar-refractivity contribution < 1.29 is 5.11 Å². The Morgan fingerprint density at radius 2 is 2.31 bits per heavy atom. The van der Waals surface area contributed by atoms with Gasteiger partial charge < -0.3 is 10.0 Å². The largest absolute Gasteiger partial charge is 0.396 e. The highest BCUT2D eigenvalue weighted by Gasteiger charge is 2.20. The van der Waals surface area contributed by atoms with Gasteiger partial charge in [0.15, 0.2) is 0 Å². The fourth-order valence-corrected chi connectivity index (χ4v) is 2.39. The Morgan fingerprint density at radius 3 is 3.06 bits per heavy atom. The first-order valence-corrected chi connectivity index (χ1v) is 6.22. The van der Waals surface area contributed by atoms with Crippen molar-refractivity contribution >= 4 is 0 Å². The molecule has 16 heavy (non-hydrogen) atoms. The first kappa shape index (κ1) is 11.6. The lowest BCUT2D eigenvalue weighted by atomic mass is 10.1. The lowest BCUT2D eigenvalue weighted by Crippen LogP contribution is -2.37. The molecule has 1 N–H and O–H groups in total. The van der Waals surface area contributed by atoms with Gasteiger partial charge in [0.05, 0.1) is 6.04 Å². The summed E-state index contributed by atoms with van der Waals surface area (Å²) < 4.78 is 2.08. The molecule has 2 heterocycles. The van der Waals surface area contributed by atoms with Gasteiger partial charge in [-0.1, -0.05) is 0 Å². The highest BCUT2D eigenvalue weighted by atomic mass is 16.2. The van der Waals surface area contributed by atoms with Crippen LogP contribution >= 0.6 is 0 Å². The summed E-state index contributed by atoms with van der Waals surface area (Å²) in [5.41, 5.74) is 0. The Bertz CT molecular complexity index is 286. The van der Waals surface area contributed by atoms with Gasteiger partial charge in [-0.25, -0.2) is 0 Å². The summed E-state index contributed by atoms with van der Waals surface area (Å²) in [4.78, 5) is 2.49. The van der Waals surface area contributed by atoms with Crippen molar-refractivity contribution in [3.63, 3.8) is 0 Å². The van der Waals surface area contributed by atoms with Crippen molar-refractivity contribution in [2.45, 2.75) is 31.7 Å². The number of piperidine rings is 1. The minimum Gasteiger partial charge on any atom is -0.396 e. The van der Waals surface area contributed by atoms with Gasteiger partial charge in [-0.05, 0) is 44.8 Å². The SMILES string of the molecule is OCCCCN1CCCC(n2cccn2)C1. The van der Waals surface area contributed by atoms with Gasteiger partial charge in [0.25, 0.3) is 0 Å². The lowest BCUT2D eigenvalue weighted by molar-refractivity contribution is 0.163. The van der Waals surface area contributed by atoms with E-state index in [0.717, 1.165) is 25.9 Å². The topological polar surface area (TPSA) is 41.3 Å². The molecule has 90 valence electrons. The molecule has 0 radical (unpaired) electrons. The fraction of sp³-hybridized carbons (Fsp3) is 0.750. The molecule has 0 saturated carbocycles. The zero-order valence-electron chi connectivity index (χ0n) is 9.76. The van der Waals surface area contributed by atoms with E-state index in [1.54, 1.807) is 0 Å². The molecule has 1 fully saturated rings. The van der Waals surface area contributed by atoms with E-state index >= 15 is 0 Å².